The van der Waals surface area contributed by atoms with Gasteiger partial charge in [-0.1, -0.05) is 6.42 Å². The molecular weight excluding hydrogens is 362 g/mol. The molecule has 0 saturated carbocycles. The Labute approximate surface area is 158 Å². The van der Waals surface area contributed by atoms with Crippen LogP contribution in [0.25, 0.3) is 0 Å². The van der Waals surface area contributed by atoms with Gasteiger partial charge in [0.2, 0.25) is 0 Å². The minimum atomic E-state index is -0.729. The number of carboxylic acid groups (broad SMARTS) is 1. The Kier molecular flexibility index (Phi) is 11.6. The van der Waals surface area contributed by atoms with Crippen LogP contribution in [0.5, 0.6) is 0 Å². The van der Waals surface area contributed by atoms with Crippen molar-refractivity contribution in [3.8, 4) is 0 Å². The first-order chi connectivity index (χ1) is 12.5. The van der Waals surface area contributed by atoms with E-state index in [1.807, 2.05) is 11.8 Å². The third kappa shape index (κ3) is 8.54. The molecule has 10 heteroatoms. The van der Waals surface area contributed by atoms with Gasteiger partial charge in [0, 0.05) is 37.1 Å². The van der Waals surface area contributed by atoms with Crippen LogP contribution in [0.15, 0.2) is 0 Å². The molecule has 2 amide bonds. The molecule has 2 rings (SSSR count). The van der Waals surface area contributed by atoms with E-state index in [1.54, 1.807) is 4.90 Å². The van der Waals surface area contributed by atoms with E-state index in [1.165, 1.54) is 0 Å². The van der Waals surface area contributed by atoms with Gasteiger partial charge < -0.3 is 31.1 Å². The summed E-state index contributed by atoms with van der Waals surface area (Å²) < 4.78 is 0. The maximum atomic E-state index is 11.1. The number of aliphatic hydroxyl groups is 3. The summed E-state index contributed by atoms with van der Waals surface area (Å²) in [6, 6.07) is 0.440. The second-order valence-electron chi connectivity index (χ2n) is 6.27. The van der Waals surface area contributed by atoms with Gasteiger partial charge in [-0.15, -0.1) is 0 Å². The van der Waals surface area contributed by atoms with Gasteiger partial charge in [-0.2, -0.15) is 11.8 Å². The maximum absolute atomic E-state index is 11.1. The van der Waals surface area contributed by atoms with Crippen molar-refractivity contribution in [1.82, 2.24) is 15.5 Å². The van der Waals surface area contributed by atoms with Gasteiger partial charge in [0.15, 0.2) is 0 Å². The number of thioether (sulfide) groups is 1. The van der Waals surface area contributed by atoms with E-state index in [-0.39, 0.29) is 44.4 Å². The summed E-state index contributed by atoms with van der Waals surface area (Å²) >= 11 is 1.87. The Morgan fingerprint density at radius 1 is 1.08 bits per heavy atom. The van der Waals surface area contributed by atoms with Crippen LogP contribution in [-0.2, 0) is 4.79 Å². The minimum absolute atomic E-state index is 0.0640. The van der Waals surface area contributed by atoms with Gasteiger partial charge in [-0.3, -0.25) is 9.69 Å². The molecular formula is C16H31N3O6S. The van der Waals surface area contributed by atoms with Crippen molar-refractivity contribution in [3.05, 3.63) is 0 Å². The van der Waals surface area contributed by atoms with E-state index in [4.69, 9.17) is 20.4 Å². The molecule has 2 aliphatic rings. The van der Waals surface area contributed by atoms with Gasteiger partial charge >= 0.3 is 12.0 Å². The number of aliphatic hydroxyl groups excluding tert-OH is 3. The van der Waals surface area contributed by atoms with Crippen LogP contribution < -0.4 is 10.6 Å². The molecule has 0 unspecified atom stereocenters. The van der Waals surface area contributed by atoms with Crippen molar-refractivity contribution in [2.45, 2.75) is 43.0 Å². The first-order valence-corrected chi connectivity index (χ1v) is 10.0. The fourth-order valence-corrected chi connectivity index (χ4v) is 4.57. The summed E-state index contributed by atoms with van der Waals surface area (Å²) in [5.41, 5.74) is 0. The highest BCUT2D eigenvalue weighted by atomic mass is 32.2. The number of nitrogens with one attached hydrogen (secondary N) is 2. The lowest BCUT2D eigenvalue weighted by Gasteiger charge is -2.17. The van der Waals surface area contributed by atoms with Crippen LogP contribution in [0, 0.1) is 0 Å². The van der Waals surface area contributed by atoms with Crippen LogP contribution in [0.3, 0.4) is 0 Å². The number of unbranched alkanes of at least 4 members (excludes halogenated alkanes) is 1. The van der Waals surface area contributed by atoms with Gasteiger partial charge in [0.1, 0.15) is 0 Å². The van der Waals surface area contributed by atoms with Crippen molar-refractivity contribution >= 4 is 23.8 Å². The van der Waals surface area contributed by atoms with Crippen molar-refractivity contribution in [2.24, 2.45) is 0 Å². The van der Waals surface area contributed by atoms with Crippen molar-refractivity contribution in [2.75, 3.05) is 45.2 Å². The third-order valence-corrected chi connectivity index (χ3v) is 5.82. The van der Waals surface area contributed by atoms with Crippen LogP contribution in [0.4, 0.5) is 4.79 Å². The number of nitrogens with zero attached hydrogens (tertiary/aromatic N) is 1. The molecule has 2 fully saturated rings. The number of rotatable bonds is 11. The normalized spacial score (nSPS) is 23.8. The molecule has 2 heterocycles. The molecule has 0 spiro atoms. The highest BCUT2D eigenvalue weighted by molar-refractivity contribution is 8.00. The van der Waals surface area contributed by atoms with Crippen molar-refractivity contribution in [3.63, 3.8) is 0 Å². The Balaban J connectivity index is 0.000000294. The summed E-state index contributed by atoms with van der Waals surface area (Å²) in [6.07, 6.45) is 2.88. The van der Waals surface area contributed by atoms with E-state index in [2.05, 4.69) is 10.6 Å². The average molecular weight is 394 g/mol. The van der Waals surface area contributed by atoms with E-state index >= 15 is 0 Å². The fraction of sp³-hybridized carbons (Fsp3) is 0.875. The molecule has 6 N–H and O–H groups in total. The van der Waals surface area contributed by atoms with Crippen LogP contribution in [-0.4, -0.2) is 99.9 Å². The summed E-state index contributed by atoms with van der Waals surface area (Å²) in [5.74, 6) is 0.236. The number of carbonyl (C=O) groups excluding carboxylic acids is 1. The van der Waals surface area contributed by atoms with Crippen LogP contribution in [0.2, 0.25) is 0 Å². The van der Waals surface area contributed by atoms with E-state index in [9.17, 15) is 9.59 Å². The molecule has 2 aliphatic heterocycles. The molecule has 0 radical (unpaired) electrons. The summed E-state index contributed by atoms with van der Waals surface area (Å²) in [4.78, 5) is 23.3. The second-order valence-corrected chi connectivity index (χ2v) is 7.55. The molecule has 0 aromatic carbocycles. The maximum Gasteiger partial charge on any atom is 0.315 e. The summed E-state index contributed by atoms with van der Waals surface area (Å²) in [6.45, 7) is 1.75. The van der Waals surface area contributed by atoms with Gasteiger partial charge in [-0.25, -0.2) is 4.79 Å². The number of aliphatic carboxylic acids is 1. The van der Waals surface area contributed by atoms with E-state index < -0.39 is 5.97 Å². The Bertz CT molecular complexity index is 415. The second kappa shape index (κ2) is 13.2. The zero-order chi connectivity index (χ0) is 19.4. The largest absolute Gasteiger partial charge is 0.481 e. The van der Waals surface area contributed by atoms with E-state index in [0.717, 1.165) is 25.0 Å². The molecule has 26 heavy (non-hydrogen) atoms. The van der Waals surface area contributed by atoms with Crippen molar-refractivity contribution in [1.29, 1.82) is 0 Å². The predicted molar refractivity (Wildman–Crippen MR) is 99.3 cm³/mol. The van der Waals surface area contributed by atoms with Gasteiger partial charge in [-0.05, 0) is 12.8 Å². The first kappa shape index (κ1) is 23.0. The molecule has 152 valence electrons. The zero-order valence-corrected chi connectivity index (χ0v) is 15.8. The molecule has 0 aromatic rings. The van der Waals surface area contributed by atoms with Gasteiger partial charge in [0.05, 0.1) is 31.9 Å². The third-order valence-electron chi connectivity index (χ3n) is 4.32. The molecule has 2 saturated heterocycles. The standard InChI is InChI=1S/C10H16N2O3S.C6H15NO3/c13-8(14)4-2-1-3-7-9-6(5-16-7)11-10(15)12-9;8-4-1-7(2-5-9)3-6-10/h6-7,9H,1-5H2,(H,13,14)(H2,11,12,15);8-10H,1-6H2/t6-,7-,9-;/m0./s1. The quantitative estimate of drug-likeness (QED) is 0.195. The fourth-order valence-electron chi connectivity index (χ4n) is 3.02. The Morgan fingerprint density at radius 2 is 1.69 bits per heavy atom. The predicted octanol–water partition coefficient (Wildman–Crippen LogP) is -0.938. The number of fused-ring (bicyclic) bond motifs is 1. The Morgan fingerprint density at radius 3 is 2.23 bits per heavy atom. The van der Waals surface area contributed by atoms with Crippen molar-refractivity contribution < 1.29 is 30.0 Å². The number of amides is 2. The number of hydrogen-bond donors (Lipinski definition) is 6. The molecule has 3 atom stereocenters. The molecule has 9 nitrogen and oxygen atoms in total. The van der Waals surface area contributed by atoms with Gasteiger partial charge in [0.25, 0.3) is 0 Å². The molecule has 0 aliphatic carbocycles. The first-order valence-electron chi connectivity index (χ1n) is 8.97. The average Bonchev–Trinajstić information content (AvgIpc) is 3.12. The lowest BCUT2D eigenvalue weighted by atomic mass is 10.0. The highest BCUT2D eigenvalue weighted by Gasteiger charge is 2.42. The smallest absolute Gasteiger partial charge is 0.315 e. The lowest BCUT2D eigenvalue weighted by Crippen LogP contribution is -2.36. The van der Waals surface area contributed by atoms with Crippen LogP contribution >= 0.6 is 11.8 Å². The minimum Gasteiger partial charge on any atom is -0.481 e. The monoisotopic (exact) mass is 393 g/mol. The topological polar surface area (TPSA) is 142 Å². The van der Waals surface area contributed by atoms with Crippen LogP contribution in [0.1, 0.15) is 25.7 Å². The number of urea groups is 1. The number of hydrogen-bond acceptors (Lipinski definition) is 7. The summed E-state index contributed by atoms with van der Waals surface area (Å²) in [7, 11) is 0. The number of carbonyl (C=O) groups is 2. The number of carboxylic acids is 1. The zero-order valence-electron chi connectivity index (χ0n) is 15.0. The molecule has 0 aromatic heterocycles. The Hall–Kier alpha value is -1.07. The highest BCUT2D eigenvalue weighted by Crippen LogP contribution is 2.33. The lowest BCUT2D eigenvalue weighted by molar-refractivity contribution is -0.137. The SMILES string of the molecule is O=C(O)CCCC[C@@H]1SC[C@@H]2NC(=O)N[C@@H]21.OCCN(CCO)CCO. The molecule has 0 bridgehead atoms. The summed E-state index contributed by atoms with van der Waals surface area (Å²) in [5, 5.41) is 40.2. The van der Waals surface area contributed by atoms with E-state index in [0.29, 0.717) is 24.9 Å².